The molecule has 12 nitrogen and oxygen atoms in total. The van der Waals surface area contributed by atoms with Gasteiger partial charge in [-0.3, -0.25) is 28.8 Å². The number of likely N-dealkylation sites (tertiary alicyclic amines) is 3. The van der Waals surface area contributed by atoms with Gasteiger partial charge < -0.3 is 31.9 Å². The van der Waals surface area contributed by atoms with Gasteiger partial charge in [0.05, 0.1) is 0 Å². The van der Waals surface area contributed by atoms with Crippen molar-refractivity contribution in [2.45, 2.75) is 137 Å². The fourth-order valence-electron chi connectivity index (χ4n) is 6.86. The van der Waals surface area contributed by atoms with Crippen molar-refractivity contribution >= 4 is 35.4 Å². The lowest BCUT2D eigenvalue weighted by Crippen LogP contribution is -2.45. The lowest BCUT2D eigenvalue weighted by atomic mass is 10.0. The summed E-state index contributed by atoms with van der Waals surface area (Å²) in [6, 6.07) is -1.21. The van der Waals surface area contributed by atoms with E-state index in [9.17, 15) is 28.8 Å². The Morgan fingerprint density at radius 3 is 0.911 bits per heavy atom. The van der Waals surface area contributed by atoms with Crippen molar-refractivity contribution in [2.24, 2.45) is 35.0 Å². The molecule has 0 bridgehead atoms. The van der Waals surface area contributed by atoms with Crippen molar-refractivity contribution in [2.75, 3.05) is 19.6 Å². The van der Waals surface area contributed by atoms with Gasteiger partial charge in [0.2, 0.25) is 35.4 Å². The second-order valence-electron chi connectivity index (χ2n) is 12.7. The van der Waals surface area contributed by atoms with Crippen LogP contribution in [0.15, 0.2) is 0 Å². The number of carbonyl (C=O) groups excluding carboxylic acids is 6. The Morgan fingerprint density at radius 2 is 0.756 bits per heavy atom. The Bertz CT molecular complexity index is 883. The van der Waals surface area contributed by atoms with Gasteiger partial charge in [0, 0.05) is 38.9 Å². The second-order valence-corrected chi connectivity index (χ2v) is 12.7. The van der Waals surface area contributed by atoms with E-state index >= 15 is 0 Å². The van der Waals surface area contributed by atoms with Gasteiger partial charge in [-0.25, -0.2) is 0 Å². The third kappa shape index (κ3) is 11.9. The first-order valence-corrected chi connectivity index (χ1v) is 17.1. The van der Waals surface area contributed by atoms with Gasteiger partial charge >= 0.3 is 0 Å². The molecule has 0 aromatic heterocycles. The Hall–Kier alpha value is -3.18. The van der Waals surface area contributed by atoms with Crippen LogP contribution in [0.4, 0.5) is 0 Å². The largest absolute Gasteiger partial charge is 0.368 e. The first-order valence-electron chi connectivity index (χ1n) is 17.1. The number of amides is 6. The average Bonchev–Trinajstić information content (AvgIpc) is 3.63. The minimum Gasteiger partial charge on any atom is -0.368 e. The summed E-state index contributed by atoms with van der Waals surface area (Å²) in [6.45, 7) is 14.1. The van der Waals surface area contributed by atoms with Crippen LogP contribution >= 0.6 is 0 Å². The number of hydrogen-bond acceptors (Lipinski definition) is 6. The Morgan fingerprint density at radius 1 is 0.533 bits per heavy atom. The molecular formula is C33H60N6O6. The standard InChI is InChI=1S/3C11H20N2O2/c3*1-3-5-8-6-10(14)13(7-8)9(4-2)11(12)15/h3*8-9H,3-7H2,1-2H3,(H2,12,15)/t8-,9+;2*8-,9-/m010/s1. The molecule has 0 saturated carbocycles. The zero-order valence-corrected chi connectivity index (χ0v) is 28.6. The predicted molar refractivity (Wildman–Crippen MR) is 174 cm³/mol. The highest BCUT2D eigenvalue weighted by molar-refractivity contribution is 5.89. The Labute approximate surface area is 270 Å². The summed E-state index contributed by atoms with van der Waals surface area (Å²) < 4.78 is 0. The molecule has 6 amide bonds. The van der Waals surface area contributed by atoms with E-state index in [0.717, 1.165) is 38.5 Å². The maximum Gasteiger partial charge on any atom is 0.240 e. The van der Waals surface area contributed by atoms with E-state index in [4.69, 9.17) is 17.2 Å². The molecule has 12 heteroatoms. The molecule has 45 heavy (non-hydrogen) atoms. The lowest BCUT2D eigenvalue weighted by Gasteiger charge is -2.24. The van der Waals surface area contributed by atoms with Crippen LogP contribution in [-0.2, 0) is 28.8 Å². The van der Waals surface area contributed by atoms with E-state index in [1.807, 2.05) is 20.8 Å². The van der Waals surface area contributed by atoms with Crippen LogP contribution in [0.3, 0.4) is 0 Å². The molecule has 0 aliphatic carbocycles. The van der Waals surface area contributed by atoms with Crippen LogP contribution in [0.5, 0.6) is 0 Å². The number of hydrogen-bond donors (Lipinski definition) is 3. The predicted octanol–water partition coefficient (Wildman–Crippen LogP) is 2.70. The van der Waals surface area contributed by atoms with E-state index in [2.05, 4.69) is 20.8 Å². The number of nitrogens with two attached hydrogens (primary N) is 3. The fourth-order valence-corrected chi connectivity index (χ4v) is 6.86. The average molecular weight is 637 g/mol. The smallest absolute Gasteiger partial charge is 0.240 e. The SMILES string of the molecule is CCC[C@@H]1CC(=O)N([C@H](CC)C(N)=O)C1.CCC[C@H]1CC(=O)N([C@@H](CC)C(N)=O)C1.CCC[C@H]1CC(=O)N([C@H](CC)C(N)=O)C1. The normalized spacial score (nSPS) is 23.2. The summed E-state index contributed by atoms with van der Waals surface area (Å²) in [7, 11) is 0. The summed E-state index contributed by atoms with van der Waals surface area (Å²) in [4.78, 5) is 73.5. The summed E-state index contributed by atoms with van der Waals surface area (Å²) >= 11 is 0. The quantitative estimate of drug-likeness (QED) is 0.248. The van der Waals surface area contributed by atoms with Crippen molar-refractivity contribution in [3.05, 3.63) is 0 Å². The van der Waals surface area contributed by atoms with E-state index in [-0.39, 0.29) is 35.4 Å². The number of carbonyl (C=O) groups is 6. The van der Waals surface area contributed by atoms with Gasteiger partial charge in [-0.1, -0.05) is 60.8 Å². The van der Waals surface area contributed by atoms with Crippen molar-refractivity contribution in [3.8, 4) is 0 Å². The first-order chi connectivity index (χ1) is 21.3. The van der Waals surface area contributed by atoms with Crippen molar-refractivity contribution in [1.82, 2.24) is 14.7 Å². The molecular weight excluding hydrogens is 576 g/mol. The van der Waals surface area contributed by atoms with Crippen LogP contribution < -0.4 is 17.2 Å². The minimum absolute atomic E-state index is 0.0825. The molecule has 6 atom stereocenters. The molecule has 3 aliphatic rings. The second kappa shape index (κ2) is 20.0. The van der Waals surface area contributed by atoms with Crippen LogP contribution in [0.1, 0.15) is 119 Å². The number of rotatable bonds is 15. The summed E-state index contributed by atoms with van der Waals surface area (Å²) in [6.07, 6.45) is 9.98. The van der Waals surface area contributed by atoms with Gasteiger partial charge in [0.15, 0.2) is 0 Å². The maximum atomic E-state index is 11.7. The third-order valence-electron chi connectivity index (χ3n) is 9.08. The molecule has 0 radical (unpaired) electrons. The molecule has 3 aliphatic heterocycles. The fraction of sp³-hybridized carbons (Fsp3) is 0.818. The molecule has 0 aromatic rings. The van der Waals surface area contributed by atoms with Gasteiger partial charge in [0.1, 0.15) is 18.1 Å². The van der Waals surface area contributed by atoms with Crippen LogP contribution in [0.2, 0.25) is 0 Å². The summed E-state index contributed by atoms with van der Waals surface area (Å²) in [5, 5.41) is 0. The zero-order valence-electron chi connectivity index (χ0n) is 28.6. The highest BCUT2D eigenvalue weighted by Gasteiger charge is 2.37. The molecule has 258 valence electrons. The number of primary amides is 3. The molecule has 3 rings (SSSR count). The molecule has 0 unspecified atom stereocenters. The molecule has 3 saturated heterocycles. The Balaban J connectivity index is 0.000000337. The molecule has 0 aromatic carbocycles. The van der Waals surface area contributed by atoms with Gasteiger partial charge in [-0.2, -0.15) is 0 Å². The number of nitrogens with zero attached hydrogens (tertiary/aromatic N) is 3. The van der Waals surface area contributed by atoms with Crippen molar-refractivity contribution in [3.63, 3.8) is 0 Å². The van der Waals surface area contributed by atoms with Crippen molar-refractivity contribution in [1.29, 1.82) is 0 Å². The summed E-state index contributed by atoms with van der Waals surface area (Å²) in [5.74, 6) is 0.328. The first kappa shape index (κ1) is 39.8. The van der Waals surface area contributed by atoms with Gasteiger partial charge in [0.25, 0.3) is 0 Å². The van der Waals surface area contributed by atoms with E-state index in [1.54, 1.807) is 14.7 Å². The van der Waals surface area contributed by atoms with E-state index in [0.29, 0.717) is 75.9 Å². The van der Waals surface area contributed by atoms with Gasteiger partial charge in [-0.05, 0) is 56.3 Å². The molecule has 3 fully saturated rings. The molecule has 0 spiro atoms. The third-order valence-corrected chi connectivity index (χ3v) is 9.08. The lowest BCUT2D eigenvalue weighted by molar-refractivity contribution is -0.136. The molecule has 6 N–H and O–H groups in total. The molecule has 3 heterocycles. The maximum absolute atomic E-state index is 11.7. The monoisotopic (exact) mass is 636 g/mol. The summed E-state index contributed by atoms with van der Waals surface area (Å²) in [5.41, 5.74) is 15.8. The topological polar surface area (TPSA) is 190 Å². The van der Waals surface area contributed by atoms with Crippen molar-refractivity contribution < 1.29 is 28.8 Å². The van der Waals surface area contributed by atoms with E-state index in [1.165, 1.54) is 0 Å². The van der Waals surface area contributed by atoms with E-state index < -0.39 is 18.1 Å². The van der Waals surface area contributed by atoms with Crippen LogP contribution in [0.25, 0.3) is 0 Å². The van der Waals surface area contributed by atoms with Crippen LogP contribution in [-0.4, -0.2) is 87.9 Å². The zero-order chi connectivity index (χ0) is 34.3. The highest BCUT2D eigenvalue weighted by atomic mass is 16.2. The highest BCUT2D eigenvalue weighted by Crippen LogP contribution is 2.26. The minimum atomic E-state index is -0.403. The van der Waals surface area contributed by atoms with Crippen LogP contribution in [0, 0.1) is 17.8 Å². The van der Waals surface area contributed by atoms with Gasteiger partial charge in [-0.15, -0.1) is 0 Å². The Kier molecular flexibility index (Phi) is 17.8.